The molecule has 0 aliphatic carbocycles. The van der Waals surface area contributed by atoms with Crippen LogP contribution in [0.3, 0.4) is 0 Å². The molecule has 0 fully saturated rings. The molecule has 1 N–H and O–H groups in total. The Kier molecular flexibility index (Phi) is 3.84. The zero-order valence-corrected chi connectivity index (χ0v) is 11.2. The molecule has 0 amide bonds. The number of nitrogens with one attached hydrogen (secondary N) is 1. The number of ether oxygens (including phenoxy) is 1. The average molecular weight is 237 g/mol. The second-order valence-corrected chi connectivity index (χ2v) is 5.02. The summed E-state index contributed by atoms with van der Waals surface area (Å²) in [6.07, 6.45) is 3.14. The van der Waals surface area contributed by atoms with Crippen molar-refractivity contribution in [3.63, 3.8) is 0 Å². The molecule has 1 aliphatic heterocycles. The molecule has 0 aromatic carbocycles. The molecule has 4 nitrogen and oxygen atoms in total. The van der Waals surface area contributed by atoms with E-state index in [-0.39, 0.29) is 6.10 Å². The van der Waals surface area contributed by atoms with Gasteiger partial charge in [-0.1, -0.05) is 6.92 Å². The van der Waals surface area contributed by atoms with Gasteiger partial charge < -0.3 is 10.1 Å². The lowest BCUT2D eigenvalue weighted by atomic mass is 10.0. The van der Waals surface area contributed by atoms with Gasteiger partial charge in [-0.2, -0.15) is 5.10 Å². The largest absolute Gasteiger partial charge is 0.370 e. The average Bonchev–Trinajstić information content (AvgIpc) is 2.66. The Balaban J connectivity index is 2.15. The lowest BCUT2D eigenvalue weighted by Crippen LogP contribution is -2.32. The number of rotatable bonds is 4. The molecule has 0 radical (unpaired) electrons. The third kappa shape index (κ3) is 2.53. The number of fused-ring (bicyclic) bond motifs is 1. The molecule has 0 saturated heterocycles. The second kappa shape index (κ2) is 5.19. The standard InChI is InChI=1S/C13H23N3O/c1-5-14-10(3)6-12-13-9(2)7-15-16(13)11(4)8-17-12/h7,10-12,14H,5-6,8H2,1-4H3/t10-,11?,12?/m1/s1. The molecule has 4 heteroatoms. The predicted octanol–water partition coefficient (Wildman–Crippen LogP) is 2.21. The highest BCUT2D eigenvalue weighted by Gasteiger charge is 2.28. The van der Waals surface area contributed by atoms with Gasteiger partial charge in [-0.3, -0.25) is 4.68 Å². The van der Waals surface area contributed by atoms with Gasteiger partial charge in [0.05, 0.1) is 24.5 Å². The first-order valence-corrected chi connectivity index (χ1v) is 6.52. The Morgan fingerprint density at radius 2 is 2.41 bits per heavy atom. The number of aryl methyl sites for hydroxylation is 1. The molecule has 96 valence electrons. The van der Waals surface area contributed by atoms with E-state index in [1.54, 1.807) is 0 Å². The minimum Gasteiger partial charge on any atom is -0.370 e. The third-order valence-electron chi connectivity index (χ3n) is 3.41. The van der Waals surface area contributed by atoms with Crippen LogP contribution in [0, 0.1) is 6.92 Å². The Labute approximate surface area is 103 Å². The number of aromatic nitrogens is 2. The second-order valence-electron chi connectivity index (χ2n) is 5.02. The fourth-order valence-electron chi connectivity index (χ4n) is 2.55. The summed E-state index contributed by atoms with van der Waals surface area (Å²) in [7, 11) is 0. The van der Waals surface area contributed by atoms with E-state index in [2.05, 4.69) is 42.8 Å². The smallest absolute Gasteiger partial charge is 0.101 e. The van der Waals surface area contributed by atoms with E-state index in [0.29, 0.717) is 12.1 Å². The van der Waals surface area contributed by atoms with Gasteiger partial charge in [-0.15, -0.1) is 0 Å². The maximum Gasteiger partial charge on any atom is 0.101 e. The van der Waals surface area contributed by atoms with Gasteiger partial charge in [0.1, 0.15) is 6.10 Å². The summed E-state index contributed by atoms with van der Waals surface area (Å²) in [4.78, 5) is 0. The summed E-state index contributed by atoms with van der Waals surface area (Å²) in [5, 5.41) is 7.89. The van der Waals surface area contributed by atoms with Crippen molar-refractivity contribution < 1.29 is 4.74 Å². The molecule has 3 atom stereocenters. The van der Waals surface area contributed by atoms with Crippen LogP contribution in [-0.4, -0.2) is 29.0 Å². The number of hydrogen-bond donors (Lipinski definition) is 1. The van der Waals surface area contributed by atoms with Crippen LogP contribution in [0.2, 0.25) is 0 Å². The van der Waals surface area contributed by atoms with Gasteiger partial charge in [0.2, 0.25) is 0 Å². The summed E-state index contributed by atoms with van der Waals surface area (Å²) in [5.41, 5.74) is 2.50. The molecule has 17 heavy (non-hydrogen) atoms. The molecule has 0 bridgehead atoms. The molecule has 2 heterocycles. The van der Waals surface area contributed by atoms with Crippen molar-refractivity contribution in [1.82, 2.24) is 15.1 Å². The predicted molar refractivity (Wildman–Crippen MR) is 68.1 cm³/mol. The van der Waals surface area contributed by atoms with Crippen molar-refractivity contribution in [3.05, 3.63) is 17.5 Å². The molecule has 2 unspecified atom stereocenters. The zero-order valence-electron chi connectivity index (χ0n) is 11.2. The van der Waals surface area contributed by atoms with E-state index >= 15 is 0 Å². The third-order valence-corrected chi connectivity index (χ3v) is 3.41. The summed E-state index contributed by atoms with van der Waals surface area (Å²) in [6, 6.07) is 0.825. The Morgan fingerprint density at radius 1 is 1.65 bits per heavy atom. The van der Waals surface area contributed by atoms with Crippen molar-refractivity contribution >= 4 is 0 Å². The van der Waals surface area contributed by atoms with E-state index in [4.69, 9.17) is 4.74 Å². The first-order valence-electron chi connectivity index (χ1n) is 6.52. The van der Waals surface area contributed by atoms with Gasteiger partial charge in [0.25, 0.3) is 0 Å². The normalized spacial score (nSPS) is 25.6. The highest BCUT2D eigenvalue weighted by Crippen LogP contribution is 2.32. The van der Waals surface area contributed by atoms with Crippen LogP contribution in [0.5, 0.6) is 0 Å². The highest BCUT2D eigenvalue weighted by molar-refractivity contribution is 5.20. The van der Waals surface area contributed by atoms with E-state index in [9.17, 15) is 0 Å². The zero-order chi connectivity index (χ0) is 12.4. The van der Waals surface area contributed by atoms with E-state index in [1.165, 1.54) is 11.3 Å². The van der Waals surface area contributed by atoms with Crippen molar-refractivity contribution in [1.29, 1.82) is 0 Å². The van der Waals surface area contributed by atoms with E-state index < -0.39 is 0 Å². The lowest BCUT2D eigenvalue weighted by Gasteiger charge is -2.31. The molecule has 1 aromatic heterocycles. The molecule has 1 aliphatic rings. The van der Waals surface area contributed by atoms with Gasteiger partial charge in [-0.05, 0) is 39.3 Å². The van der Waals surface area contributed by atoms with Gasteiger partial charge in [0, 0.05) is 6.04 Å². The molecular weight excluding hydrogens is 214 g/mol. The molecule has 1 aromatic rings. The molecule has 0 saturated carbocycles. The van der Waals surface area contributed by atoms with Crippen LogP contribution < -0.4 is 5.32 Å². The fraction of sp³-hybridized carbons (Fsp3) is 0.769. The first-order chi connectivity index (χ1) is 8.13. The minimum absolute atomic E-state index is 0.183. The Hall–Kier alpha value is -0.870. The first kappa shape index (κ1) is 12.6. The topological polar surface area (TPSA) is 39.1 Å². The summed E-state index contributed by atoms with van der Waals surface area (Å²) in [6.45, 7) is 10.4. The lowest BCUT2D eigenvalue weighted by molar-refractivity contribution is -0.0100. The Morgan fingerprint density at radius 3 is 3.12 bits per heavy atom. The van der Waals surface area contributed by atoms with Gasteiger partial charge in [0.15, 0.2) is 0 Å². The maximum absolute atomic E-state index is 5.97. The SMILES string of the molecule is CCN[C@H](C)CC1OCC(C)n2ncc(C)c21. The minimum atomic E-state index is 0.183. The van der Waals surface area contributed by atoms with Crippen molar-refractivity contribution in [2.45, 2.75) is 52.3 Å². The van der Waals surface area contributed by atoms with Gasteiger partial charge in [-0.25, -0.2) is 0 Å². The van der Waals surface area contributed by atoms with Crippen molar-refractivity contribution in [3.8, 4) is 0 Å². The maximum atomic E-state index is 5.97. The molecule has 2 rings (SSSR count). The highest BCUT2D eigenvalue weighted by atomic mass is 16.5. The monoisotopic (exact) mass is 237 g/mol. The summed E-state index contributed by atoms with van der Waals surface area (Å²) < 4.78 is 8.10. The van der Waals surface area contributed by atoms with Crippen molar-refractivity contribution in [2.24, 2.45) is 0 Å². The fourth-order valence-corrected chi connectivity index (χ4v) is 2.55. The van der Waals surface area contributed by atoms with E-state index in [1.807, 2.05) is 6.20 Å². The summed E-state index contributed by atoms with van der Waals surface area (Å²) in [5.74, 6) is 0. The van der Waals surface area contributed by atoms with Crippen LogP contribution in [-0.2, 0) is 4.74 Å². The number of hydrogen-bond acceptors (Lipinski definition) is 3. The Bertz CT molecular complexity index is 375. The van der Waals surface area contributed by atoms with E-state index in [0.717, 1.165) is 19.6 Å². The quantitative estimate of drug-likeness (QED) is 0.872. The van der Waals surface area contributed by atoms with Crippen LogP contribution in [0.4, 0.5) is 0 Å². The van der Waals surface area contributed by atoms with Crippen LogP contribution >= 0.6 is 0 Å². The van der Waals surface area contributed by atoms with Gasteiger partial charge >= 0.3 is 0 Å². The van der Waals surface area contributed by atoms with Crippen molar-refractivity contribution in [2.75, 3.05) is 13.2 Å². The molecule has 0 spiro atoms. The van der Waals surface area contributed by atoms with Crippen LogP contribution in [0.1, 0.15) is 50.6 Å². The molecular formula is C13H23N3O. The number of nitrogens with zero attached hydrogens (tertiary/aromatic N) is 2. The van der Waals surface area contributed by atoms with Crippen LogP contribution in [0.15, 0.2) is 6.20 Å². The summed E-state index contributed by atoms with van der Waals surface area (Å²) >= 11 is 0. The van der Waals surface area contributed by atoms with Crippen LogP contribution in [0.25, 0.3) is 0 Å².